The van der Waals surface area contributed by atoms with Crippen LogP contribution in [0.2, 0.25) is 0 Å². The molecule has 25 heavy (non-hydrogen) atoms. The predicted molar refractivity (Wildman–Crippen MR) is 95.9 cm³/mol. The van der Waals surface area contributed by atoms with Crippen LogP contribution in [0.15, 0.2) is 36.8 Å². The maximum absolute atomic E-state index is 6.00. The number of hydrogen-bond acceptors (Lipinski definition) is 5. The third-order valence-electron chi connectivity index (χ3n) is 5.43. The number of nitrogens with zero attached hydrogens (tertiary/aromatic N) is 5. The fourth-order valence-electron chi connectivity index (χ4n) is 4.10. The summed E-state index contributed by atoms with van der Waals surface area (Å²) in [6.45, 7) is 7.78. The van der Waals surface area contributed by atoms with Gasteiger partial charge in [-0.2, -0.15) is 0 Å². The molecule has 2 aliphatic rings. The van der Waals surface area contributed by atoms with Gasteiger partial charge in [-0.25, -0.2) is 4.98 Å². The van der Waals surface area contributed by atoms with Gasteiger partial charge in [0.25, 0.3) is 0 Å². The van der Waals surface area contributed by atoms with Gasteiger partial charge in [-0.05, 0) is 25.1 Å². The van der Waals surface area contributed by atoms with Gasteiger partial charge in [0.2, 0.25) is 0 Å². The number of rotatable bonds is 4. The molecule has 4 heterocycles. The van der Waals surface area contributed by atoms with Crippen molar-refractivity contribution in [2.45, 2.75) is 19.5 Å². The summed E-state index contributed by atoms with van der Waals surface area (Å²) in [4.78, 5) is 14.0. The highest BCUT2D eigenvalue weighted by Crippen LogP contribution is 2.34. The molecule has 0 unspecified atom stereocenters. The van der Waals surface area contributed by atoms with Crippen molar-refractivity contribution in [3.63, 3.8) is 0 Å². The molecule has 0 radical (unpaired) electrons. The van der Waals surface area contributed by atoms with E-state index in [4.69, 9.17) is 4.74 Å². The van der Waals surface area contributed by atoms with Gasteiger partial charge in [-0.1, -0.05) is 6.07 Å². The van der Waals surface area contributed by atoms with E-state index in [2.05, 4.69) is 43.5 Å². The Hall–Kier alpha value is -1.76. The third-order valence-corrected chi connectivity index (χ3v) is 5.43. The molecular formula is C19H27N5O. The minimum Gasteiger partial charge on any atom is -0.379 e. The zero-order chi connectivity index (χ0) is 17.1. The summed E-state index contributed by atoms with van der Waals surface area (Å²) in [6, 6.07) is 6.15. The highest BCUT2D eigenvalue weighted by Gasteiger charge is 2.41. The van der Waals surface area contributed by atoms with Crippen LogP contribution in [0.4, 0.5) is 0 Å². The van der Waals surface area contributed by atoms with Gasteiger partial charge < -0.3 is 9.30 Å². The summed E-state index contributed by atoms with van der Waals surface area (Å²) < 4.78 is 8.11. The fourth-order valence-corrected chi connectivity index (χ4v) is 4.10. The van der Waals surface area contributed by atoms with E-state index in [9.17, 15) is 0 Å². The van der Waals surface area contributed by atoms with Crippen LogP contribution in [-0.2, 0) is 24.9 Å². The number of likely N-dealkylation sites (tertiary alicyclic amines) is 1. The molecule has 2 aromatic rings. The lowest BCUT2D eigenvalue weighted by Crippen LogP contribution is -2.40. The summed E-state index contributed by atoms with van der Waals surface area (Å²) >= 11 is 0. The molecule has 2 aromatic heterocycles. The first kappa shape index (κ1) is 16.7. The molecular weight excluding hydrogens is 314 g/mol. The lowest BCUT2D eigenvalue weighted by Gasteiger charge is -2.31. The summed E-state index contributed by atoms with van der Waals surface area (Å²) in [5, 5.41) is 0. The van der Waals surface area contributed by atoms with Crippen LogP contribution in [0, 0.1) is 5.41 Å². The van der Waals surface area contributed by atoms with Crippen LogP contribution < -0.4 is 0 Å². The quantitative estimate of drug-likeness (QED) is 0.844. The van der Waals surface area contributed by atoms with Gasteiger partial charge >= 0.3 is 0 Å². The normalized spacial score (nSPS) is 25.5. The van der Waals surface area contributed by atoms with Gasteiger partial charge in [0.1, 0.15) is 5.82 Å². The molecule has 0 saturated carbocycles. The Morgan fingerprint density at radius 1 is 1.08 bits per heavy atom. The molecule has 1 atom stereocenters. The Labute approximate surface area is 149 Å². The zero-order valence-corrected chi connectivity index (χ0v) is 15.0. The molecule has 4 rings (SSSR count). The first-order valence-corrected chi connectivity index (χ1v) is 9.11. The first-order chi connectivity index (χ1) is 12.2. The Morgan fingerprint density at radius 3 is 2.72 bits per heavy atom. The van der Waals surface area contributed by atoms with E-state index < -0.39 is 0 Å². The van der Waals surface area contributed by atoms with E-state index in [1.165, 1.54) is 6.42 Å². The smallest absolute Gasteiger partial charge is 0.122 e. The lowest BCUT2D eigenvalue weighted by atomic mass is 9.87. The lowest BCUT2D eigenvalue weighted by molar-refractivity contribution is 0.0703. The predicted octanol–water partition coefficient (Wildman–Crippen LogP) is 1.54. The van der Waals surface area contributed by atoms with Gasteiger partial charge in [-0.3, -0.25) is 14.8 Å². The number of hydrogen-bond donors (Lipinski definition) is 0. The molecule has 2 aliphatic heterocycles. The Bertz CT molecular complexity index is 688. The molecule has 0 aliphatic carbocycles. The molecule has 1 spiro atoms. The van der Waals surface area contributed by atoms with Crippen molar-refractivity contribution in [3.8, 4) is 0 Å². The van der Waals surface area contributed by atoms with Crippen LogP contribution in [0.5, 0.6) is 0 Å². The zero-order valence-electron chi connectivity index (χ0n) is 15.0. The largest absolute Gasteiger partial charge is 0.379 e. The van der Waals surface area contributed by atoms with E-state index in [0.29, 0.717) is 0 Å². The topological polar surface area (TPSA) is 46.4 Å². The molecule has 2 saturated heterocycles. The highest BCUT2D eigenvalue weighted by molar-refractivity contribution is 5.04. The number of imidazole rings is 1. The second-order valence-corrected chi connectivity index (χ2v) is 7.50. The average molecular weight is 341 g/mol. The second-order valence-electron chi connectivity index (χ2n) is 7.50. The summed E-state index contributed by atoms with van der Waals surface area (Å²) in [7, 11) is 2.07. The standard InChI is InChI=1S/C19H27N5O/c1-22-9-7-21-18(22)13-23-8-5-19(14-23)15-24(10-11-25-16-19)12-17-4-2-3-6-20-17/h2-4,6-7,9H,5,8,10-16H2,1H3/t19-/m0/s1. The number of pyridine rings is 1. The molecule has 6 nitrogen and oxygen atoms in total. The molecule has 0 amide bonds. The van der Waals surface area contributed by atoms with Gasteiger partial charge in [0.05, 0.1) is 25.5 Å². The van der Waals surface area contributed by atoms with E-state index in [0.717, 1.165) is 64.0 Å². The number of ether oxygens (including phenoxy) is 1. The van der Waals surface area contributed by atoms with E-state index in [-0.39, 0.29) is 5.41 Å². The average Bonchev–Trinajstić information content (AvgIpc) is 3.13. The minimum atomic E-state index is 0.233. The molecule has 2 fully saturated rings. The maximum atomic E-state index is 6.00. The SMILES string of the molecule is Cn1ccnc1CN1CC[C@]2(COCCN(Cc3ccccn3)C2)C1. The molecule has 134 valence electrons. The molecule has 0 N–H and O–H groups in total. The Balaban J connectivity index is 1.41. The van der Waals surface area contributed by atoms with Crippen molar-refractivity contribution in [2.24, 2.45) is 12.5 Å². The van der Waals surface area contributed by atoms with E-state index in [1.807, 2.05) is 24.7 Å². The van der Waals surface area contributed by atoms with Crippen molar-refractivity contribution >= 4 is 0 Å². The van der Waals surface area contributed by atoms with Crippen LogP contribution in [-0.4, -0.2) is 63.7 Å². The fraction of sp³-hybridized carbons (Fsp3) is 0.579. The van der Waals surface area contributed by atoms with Gasteiger partial charge in [-0.15, -0.1) is 0 Å². The molecule has 0 bridgehead atoms. The Morgan fingerprint density at radius 2 is 1.96 bits per heavy atom. The molecule has 0 aromatic carbocycles. The number of aryl methyl sites for hydroxylation is 1. The first-order valence-electron chi connectivity index (χ1n) is 9.11. The monoisotopic (exact) mass is 341 g/mol. The number of aromatic nitrogens is 3. The van der Waals surface area contributed by atoms with Crippen LogP contribution in [0.1, 0.15) is 17.9 Å². The molecule has 6 heteroatoms. The van der Waals surface area contributed by atoms with Gasteiger partial charge in [0.15, 0.2) is 0 Å². The summed E-state index contributed by atoms with van der Waals surface area (Å²) in [5.74, 6) is 1.14. The summed E-state index contributed by atoms with van der Waals surface area (Å²) in [5.41, 5.74) is 1.37. The van der Waals surface area contributed by atoms with Crippen LogP contribution >= 0.6 is 0 Å². The van der Waals surface area contributed by atoms with E-state index >= 15 is 0 Å². The highest BCUT2D eigenvalue weighted by atomic mass is 16.5. The van der Waals surface area contributed by atoms with Crippen molar-refractivity contribution in [2.75, 3.05) is 39.4 Å². The minimum absolute atomic E-state index is 0.233. The Kier molecular flexibility index (Phi) is 4.83. The van der Waals surface area contributed by atoms with Crippen LogP contribution in [0.3, 0.4) is 0 Å². The van der Waals surface area contributed by atoms with Crippen LogP contribution in [0.25, 0.3) is 0 Å². The van der Waals surface area contributed by atoms with Crippen molar-refractivity contribution in [1.29, 1.82) is 0 Å². The summed E-state index contributed by atoms with van der Waals surface area (Å²) in [6.07, 6.45) is 6.97. The maximum Gasteiger partial charge on any atom is 0.122 e. The third kappa shape index (κ3) is 3.92. The van der Waals surface area contributed by atoms with Crippen molar-refractivity contribution < 1.29 is 4.74 Å². The van der Waals surface area contributed by atoms with E-state index in [1.54, 1.807) is 0 Å². The van der Waals surface area contributed by atoms with Crippen molar-refractivity contribution in [1.82, 2.24) is 24.3 Å². The second kappa shape index (κ2) is 7.23. The van der Waals surface area contributed by atoms with Gasteiger partial charge in [0, 0.05) is 57.2 Å². The van der Waals surface area contributed by atoms with Crippen molar-refractivity contribution in [3.05, 3.63) is 48.3 Å².